The summed E-state index contributed by atoms with van der Waals surface area (Å²) in [6.07, 6.45) is 1.24. The largest absolute Gasteiger partial charge is 0.356 e. The highest BCUT2D eigenvalue weighted by Gasteiger charge is 2.33. The van der Waals surface area contributed by atoms with E-state index in [4.69, 9.17) is 16.1 Å². The molecule has 2 aromatic carbocycles. The second-order valence-electron chi connectivity index (χ2n) is 5.75. The third-order valence-electron chi connectivity index (χ3n) is 4.37. The highest BCUT2D eigenvalue weighted by Crippen LogP contribution is 2.34. The van der Waals surface area contributed by atoms with Crippen molar-refractivity contribution in [3.05, 3.63) is 64.8 Å². The van der Waals surface area contributed by atoms with Gasteiger partial charge in [0.2, 0.25) is 5.91 Å². The maximum absolute atomic E-state index is 12.6. The molecular formula is C18H15ClN2O2. The van der Waals surface area contributed by atoms with Gasteiger partial charge in [-0.3, -0.25) is 4.79 Å². The van der Waals surface area contributed by atoms with Gasteiger partial charge in [0.1, 0.15) is 5.69 Å². The van der Waals surface area contributed by atoms with Gasteiger partial charge in [0.25, 0.3) is 0 Å². The number of para-hydroxylation sites is 1. The number of nitrogens with zero attached hydrogens (tertiary/aromatic N) is 2. The first kappa shape index (κ1) is 14.3. The van der Waals surface area contributed by atoms with E-state index in [9.17, 15) is 4.79 Å². The Morgan fingerprint density at radius 3 is 2.74 bits per heavy atom. The van der Waals surface area contributed by atoms with Crippen LogP contribution in [0.3, 0.4) is 0 Å². The Morgan fingerprint density at radius 1 is 1.22 bits per heavy atom. The summed E-state index contributed by atoms with van der Waals surface area (Å²) < 4.78 is 5.27. The minimum Gasteiger partial charge on any atom is -0.356 e. The van der Waals surface area contributed by atoms with E-state index in [1.807, 2.05) is 53.4 Å². The number of hydrogen-bond acceptors (Lipinski definition) is 3. The maximum atomic E-state index is 12.6. The van der Waals surface area contributed by atoms with Crippen LogP contribution in [0.25, 0.3) is 11.0 Å². The number of carbonyl (C=O) groups excluding carboxylic acids is 1. The lowest BCUT2D eigenvalue weighted by atomic mass is 9.94. The fourth-order valence-electron chi connectivity index (χ4n) is 3.03. The zero-order chi connectivity index (χ0) is 15.8. The Morgan fingerprint density at radius 2 is 2.00 bits per heavy atom. The van der Waals surface area contributed by atoms with E-state index in [1.165, 1.54) is 0 Å². The molecule has 1 fully saturated rings. The highest BCUT2D eigenvalue weighted by atomic mass is 35.5. The molecule has 1 unspecified atom stereocenters. The van der Waals surface area contributed by atoms with Gasteiger partial charge in [0, 0.05) is 17.0 Å². The van der Waals surface area contributed by atoms with Crippen molar-refractivity contribution in [2.24, 2.45) is 0 Å². The van der Waals surface area contributed by atoms with Gasteiger partial charge in [-0.2, -0.15) is 0 Å². The molecule has 0 saturated carbocycles. The van der Waals surface area contributed by atoms with E-state index in [1.54, 1.807) is 0 Å². The average molecular weight is 327 g/mol. The van der Waals surface area contributed by atoms with Crippen LogP contribution in [0.15, 0.2) is 53.1 Å². The molecule has 2 heterocycles. The molecule has 0 aliphatic carbocycles. The number of hydrogen-bond donors (Lipinski definition) is 0. The summed E-state index contributed by atoms with van der Waals surface area (Å²) in [5, 5.41) is 5.66. The second-order valence-corrected chi connectivity index (χ2v) is 6.18. The highest BCUT2D eigenvalue weighted by molar-refractivity contribution is 6.30. The molecule has 5 heteroatoms. The normalized spacial score (nSPS) is 17.3. The van der Waals surface area contributed by atoms with E-state index in [0.717, 1.165) is 23.9 Å². The molecule has 0 spiro atoms. The van der Waals surface area contributed by atoms with Crippen LogP contribution in [0.5, 0.6) is 0 Å². The zero-order valence-electron chi connectivity index (χ0n) is 12.4. The molecular weight excluding hydrogens is 312 g/mol. The SMILES string of the molecule is O=C(Cc1noc2ccccc12)N1CCC1c1ccc(Cl)cc1. The maximum Gasteiger partial charge on any atom is 0.229 e. The van der Waals surface area contributed by atoms with Crippen molar-refractivity contribution in [3.63, 3.8) is 0 Å². The predicted molar refractivity (Wildman–Crippen MR) is 88.2 cm³/mol. The lowest BCUT2D eigenvalue weighted by molar-refractivity contribution is -0.138. The van der Waals surface area contributed by atoms with Gasteiger partial charge in [-0.25, -0.2) is 0 Å². The quantitative estimate of drug-likeness (QED) is 0.731. The summed E-state index contributed by atoms with van der Waals surface area (Å²) in [7, 11) is 0. The molecule has 116 valence electrons. The Bertz CT molecular complexity index is 857. The standard InChI is InChI=1S/C18H15ClN2O2/c19-13-7-5-12(6-8-13)16-9-10-21(16)18(22)11-15-14-3-1-2-4-17(14)23-20-15/h1-8,16H,9-11H2. The number of carbonyl (C=O) groups is 1. The number of amides is 1. The average Bonchev–Trinajstić information content (AvgIpc) is 2.92. The Hall–Kier alpha value is -2.33. The first-order valence-electron chi connectivity index (χ1n) is 7.60. The molecule has 1 saturated heterocycles. The summed E-state index contributed by atoms with van der Waals surface area (Å²) in [4.78, 5) is 14.5. The smallest absolute Gasteiger partial charge is 0.229 e. The molecule has 1 aliphatic rings. The van der Waals surface area contributed by atoms with Crippen molar-refractivity contribution in [2.45, 2.75) is 18.9 Å². The zero-order valence-corrected chi connectivity index (χ0v) is 13.2. The third-order valence-corrected chi connectivity index (χ3v) is 4.62. The van der Waals surface area contributed by atoms with Crippen molar-refractivity contribution < 1.29 is 9.32 Å². The first-order valence-corrected chi connectivity index (χ1v) is 7.98. The number of aromatic nitrogens is 1. The molecule has 4 rings (SSSR count). The molecule has 0 N–H and O–H groups in total. The number of halogens is 1. The summed E-state index contributed by atoms with van der Waals surface area (Å²) in [5.41, 5.74) is 2.54. The summed E-state index contributed by atoms with van der Waals surface area (Å²) >= 11 is 5.93. The van der Waals surface area contributed by atoms with Crippen LogP contribution in [-0.2, 0) is 11.2 Å². The van der Waals surface area contributed by atoms with Gasteiger partial charge in [-0.05, 0) is 36.2 Å². The molecule has 1 aliphatic heterocycles. The predicted octanol–water partition coefficient (Wildman–Crippen LogP) is 4.00. The van der Waals surface area contributed by atoms with Crippen LogP contribution in [-0.4, -0.2) is 22.5 Å². The lowest BCUT2D eigenvalue weighted by Crippen LogP contribution is -2.45. The summed E-state index contributed by atoms with van der Waals surface area (Å²) in [5.74, 6) is 0.0789. The van der Waals surface area contributed by atoms with Crippen molar-refractivity contribution in [1.82, 2.24) is 10.1 Å². The minimum atomic E-state index is 0.0789. The molecule has 0 radical (unpaired) electrons. The van der Waals surface area contributed by atoms with Crippen molar-refractivity contribution >= 4 is 28.5 Å². The van der Waals surface area contributed by atoms with Gasteiger partial charge in [0.05, 0.1) is 12.5 Å². The van der Waals surface area contributed by atoms with Gasteiger partial charge < -0.3 is 9.42 Å². The van der Waals surface area contributed by atoms with Crippen molar-refractivity contribution in [3.8, 4) is 0 Å². The Balaban J connectivity index is 1.52. The molecule has 4 nitrogen and oxygen atoms in total. The number of benzene rings is 2. The van der Waals surface area contributed by atoms with Gasteiger partial charge in [-0.15, -0.1) is 0 Å². The van der Waals surface area contributed by atoms with Crippen LogP contribution in [0.4, 0.5) is 0 Å². The molecule has 0 bridgehead atoms. The third kappa shape index (κ3) is 2.59. The van der Waals surface area contributed by atoms with Gasteiger partial charge >= 0.3 is 0 Å². The molecule has 1 amide bonds. The fourth-order valence-corrected chi connectivity index (χ4v) is 3.15. The Labute approximate surface area is 138 Å². The fraction of sp³-hybridized carbons (Fsp3) is 0.222. The van der Waals surface area contributed by atoms with Crippen LogP contribution in [0.1, 0.15) is 23.7 Å². The van der Waals surface area contributed by atoms with Crippen LogP contribution in [0, 0.1) is 0 Å². The van der Waals surface area contributed by atoms with Crippen LogP contribution in [0.2, 0.25) is 5.02 Å². The number of likely N-dealkylation sites (tertiary alicyclic amines) is 1. The Kier molecular flexibility index (Phi) is 3.54. The molecule has 23 heavy (non-hydrogen) atoms. The monoisotopic (exact) mass is 326 g/mol. The van der Waals surface area contributed by atoms with Crippen LogP contribution >= 0.6 is 11.6 Å². The summed E-state index contributed by atoms with van der Waals surface area (Å²) in [6, 6.07) is 15.4. The first-order chi connectivity index (χ1) is 11.2. The minimum absolute atomic E-state index is 0.0789. The van der Waals surface area contributed by atoms with E-state index < -0.39 is 0 Å². The van der Waals surface area contributed by atoms with Gasteiger partial charge in [-0.1, -0.05) is 41.0 Å². The molecule has 1 atom stereocenters. The van der Waals surface area contributed by atoms with Crippen molar-refractivity contribution in [2.75, 3.05) is 6.54 Å². The second kappa shape index (κ2) is 5.70. The molecule has 1 aromatic heterocycles. The van der Waals surface area contributed by atoms with E-state index in [2.05, 4.69) is 5.16 Å². The van der Waals surface area contributed by atoms with Crippen LogP contribution < -0.4 is 0 Å². The van der Waals surface area contributed by atoms with E-state index in [-0.39, 0.29) is 18.4 Å². The number of fused-ring (bicyclic) bond motifs is 1. The molecule has 3 aromatic rings. The van der Waals surface area contributed by atoms with Crippen molar-refractivity contribution in [1.29, 1.82) is 0 Å². The topological polar surface area (TPSA) is 46.3 Å². The van der Waals surface area contributed by atoms with E-state index in [0.29, 0.717) is 16.3 Å². The van der Waals surface area contributed by atoms with E-state index >= 15 is 0 Å². The number of rotatable bonds is 3. The van der Waals surface area contributed by atoms with Gasteiger partial charge in [0.15, 0.2) is 5.58 Å². The summed E-state index contributed by atoms with van der Waals surface area (Å²) in [6.45, 7) is 0.780. The lowest BCUT2D eigenvalue weighted by Gasteiger charge is -2.41.